The van der Waals surface area contributed by atoms with Gasteiger partial charge in [0.25, 0.3) is 0 Å². The minimum Gasteiger partial charge on any atom is -0.468 e. The van der Waals surface area contributed by atoms with E-state index in [-0.39, 0.29) is 23.4 Å². The number of fused-ring (bicyclic) bond motifs is 2. The van der Waals surface area contributed by atoms with Gasteiger partial charge in [0.15, 0.2) is 11.6 Å². The van der Waals surface area contributed by atoms with E-state index in [1.54, 1.807) is 11.3 Å². The van der Waals surface area contributed by atoms with Gasteiger partial charge in [-0.2, -0.15) is 0 Å². The van der Waals surface area contributed by atoms with Crippen molar-refractivity contribution in [1.29, 1.82) is 0 Å². The second-order valence-corrected chi connectivity index (χ2v) is 22.0. The molecule has 0 amide bonds. The number of esters is 1. The number of hydrogen-bond acceptors (Lipinski definition) is 4. The van der Waals surface area contributed by atoms with E-state index in [4.69, 9.17) is 4.74 Å². The van der Waals surface area contributed by atoms with E-state index in [1.165, 1.54) is 36.4 Å². The molecule has 0 aromatic heterocycles. The molecule has 0 heterocycles. The molecule has 32 heavy (non-hydrogen) atoms. The molecule has 1 fully saturated rings. The third-order valence-corrected chi connectivity index (χ3v) is 11.7. The molecular weight excluding hydrogens is 432 g/mol. The molecule has 4 nitrogen and oxygen atoms in total. The molecule has 0 saturated heterocycles. The summed E-state index contributed by atoms with van der Waals surface area (Å²) in [6.45, 7) is 15.9. The van der Waals surface area contributed by atoms with Crippen molar-refractivity contribution < 1.29 is 19.1 Å². The molecule has 0 radical (unpaired) electrons. The first-order valence-corrected chi connectivity index (χ1v) is 18.6. The van der Waals surface area contributed by atoms with Crippen LogP contribution in [0.15, 0.2) is 24.3 Å². The molecule has 0 bridgehead atoms. The molecule has 0 aliphatic heterocycles. The van der Waals surface area contributed by atoms with Crippen LogP contribution in [0.2, 0.25) is 39.3 Å². The Morgan fingerprint density at radius 1 is 1.06 bits per heavy atom. The van der Waals surface area contributed by atoms with Gasteiger partial charge in [-0.15, -0.1) is 0 Å². The summed E-state index contributed by atoms with van der Waals surface area (Å²) < 4.78 is 5.15. The van der Waals surface area contributed by atoms with Crippen molar-refractivity contribution >= 4 is 44.1 Å². The quantitative estimate of drug-likeness (QED) is 0.273. The van der Waals surface area contributed by atoms with E-state index in [1.807, 2.05) is 0 Å². The fraction of sp³-hybridized carbons (Fsp3) is 0.577. The minimum absolute atomic E-state index is 0.0548. The standard InChI is InChI=1S/C26H38O4Si2/c1-18(27)10-9-12-26(24(29)30-2)17-25(13-11-23(26)28)16-19-14-21(31(3,4)5)22(15-20(19)25)32(6,7)8/h9-10,14-15H,11-13,16-17H2,1-8H3/b10-9+. The van der Waals surface area contributed by atoms with Gasteiger partial charge in [-0.05, 0) is 49.8 Å². The summed E-state index contributed by atoms with van der Waals surface area (Å²) in [5, 5.41) is 3.10. The monoisotopic (exact) mass is 470 g/mol. The van der Waals surface area contributed by atoms with Crippen molar-refractivity contribution in [1.82, 2.24) is 0 Å². The fourth-order valence-electron chi connectivity index (χ4n) is 5.69. The predicted octanol–water partition coefficient (Wildman–Crippen LogP) is 4.02. The first-order chi connectivity index (χ1) is 14.7. The van der Waals surface area contributed by atoms with Crippen LogP contribution >= 0.6 is 0 Å². The van der Waals surface area contributed by atoms with Crippen LogP contribution in [0.5, 0.6) is 0 Å². The summed E-state index contributed by atoms with van der Waals surface area (Å²) in [5.74, 6) is -0.608. The molecule has 3 rings (SSSR count). The number of benzene rings is 1. The number of allylic oxidation sites excluding steroid dienone is 2. The van der Waals surface area contributed by atoms with E-state index in [2.05, 4.69) is 51.4 Å². The predicted molar refractivity (Wildman–Crippen MR) is 136 cm³/mol. The summed E-state index contributed by atoms with van der Waals surface area (Å²) in [6.07, 6.45) is 5.90. The van der Waals surface area contributed by atoms with Crippen LogP contribution in [0.1, 0.15) is 43.7 Å². The maximum atomic E-state index is 13.1. The van der Waals surface area contributed by atoms with Crippen molar-refractivity contribution in [3.63, 3.8) is 0 Å². The lowest BCUT2D eigenvalue weighted by atomic mass is 9.50. The molecule has 2 aliphatic rings. The summed E-state index contributed by atoms with van der Waals surface area (Å²) in [6, 6.07) is 4.90. The molecule has 2 unspecified atom stereocenters. The molecule has 0 N–H and O–H groups in total. The summed E-state index contributed by atoms with van der Waals surface area (Å²) >= 11 is 0. The molecule has 174 valence electrons. The van der Waals surface area contributed by atoms with Crippen molar-refractivity contribution in [2.45, 2.75) is 83.7 Å². The van der Waals surface area contributed by atoms with Crippen LogP contribution in [-0.4, -0.2) is 40.8 Å². The first kappa shape index (κ1) is 24.8. The van der Waals surface area contributed by atoms with Crippen LogP contribution in [0.25, 0.3) is 0 Å². The van der Waals surface area contributed by atoms with E-state index in [9.17, 15) is 14.4 Å². The SMILES string of the molecule is COC(=O)C1(C/C=C/C(C)=O)CC2(CCC1=O)Cc1cc([Si](C)(C)C)c([Si](C)(C)C)cc12. The Bertz CT molecular complexity index is 986. The van der Waals surface area contributed by atoms with Crippen molar-refractivity contribution in [2.24, 2.45) is 5.41 Å². The van der Waals surface area contributed by atoms with Gasteiger partial charge in [0.2, 0.25) is 0 Å². The molecule has 2 atom stereocenters. The number of ether oxygens (including phenoxy) is 1. The third kappa shape index (κ3) is 4.23. The van der Waals surface area contributed by atoms with Gasteiger partial charge >= 0.3 is 5.97 Å². The number of rotatable bonds is 6. The van der Waals surface area contributed by atoms with Gasteiger partial charge in [0, 0.05) is 11.8 Å². The Morgan fingerprint density at radius 3 is 2.19 bits per heavy atom. The summed E-state index contributed by atoms with van der Waals surface area (Å²) in [5.41, 5.74) is 1.37. The first-order valence-electron chi connectivity index (χ1n) is 11.6. The summed E-state index contributed by atoms with van der Waals surface area (Å²) in [7, 11) is -1.71. The number of methoxy groups -OCH3 is 1. The maximum Gasteiger partial charge on any atom is 0.319 e. The third-order valence-electron chi connectivity index (χ3n) is 7.36. The van der Waals surface area contributed by atoms with Gasteiger partial charge < -0.3 is 4.74 Å². The van der Waals surface area contributed by atoms with Gasteiger partial charge in [-0.3, -0.25) is 14.4 Å². The highest BCUT2D eigenvalue weighted by atomic mass is 28.3. The largest absolute Gasteiger partial charge is 0.468 e. The van der Waals surface area contributed by atoms with E-state index in [0.717, 1.165) is 12.8 Å². The Balaban J connectivity index is 2.09. The van der Waals surface area contributed by atoms with Crippen molar-refractivity contribution in [3.8, 4) is 0 Å². The highest BCUT2D eigenvalue weighted by Gasteiger charge is 2.58. The van der Waals surface area contributed by atoms with Crippen LogP contribution in [0.4, 0.5) is 0 Å². The normalized spacial score (nSPS) is 25.6. The lowest BCUT2D eigenvalue weighted by Gasteiger charge is -2.52. The smallest absolute Gasteiger partial charge is 0.319 e. The van der Waals surface area contributed by atoms with Crippen molar-refractivity contribution in [3.05, 3.63) is 35.4 Å². The van der Waals surface area contributed by atoms with E-state index >= 15 is 0 Å². The Labute approximate surface area is 194 Å². The average Bonchev–Trinajstić information content (AvgIpc) is 2.66. The lowest BCUT2D eigenvalue weighted by molar-refractivity contribution is -0.162. The van der Waals surface area contributed by atoms with Gasteiger partial charge in [0.05, 0.1) is 23.3 Å². The molecule has 1 spiro atoms. The molecular formula is C26H38O4Si2. The Morgan fingerprint density at radius 2 is 1.66 bits per heavy atom. The zero-order valence-corrected chi connectivity index (χ0v) is 23.0. The maximum absolute atomic E-state index is 13.1. The number of hydrogen-bond donors (Lipinski definition) is 0. The number of Topliss-reactive ketones (excluding diaryl/α,β-unsaturated/α-hetero) is 1. The van der Waals surface area contributed by atoms with Crippen molar-refractivity contribution in [2.75, 3.05) is 7.11 Å². The Kier molecular flexibility index (Phi) is 6.37. The fourth-order valence-corrected chi connectivity index (χ4v) is 10.9. The minimum atomic E-state index is -1.57. The number of ketones is 2. The zero-order valence-electron chi connectivity index (χ0n) is 21.0. The lowest BCUT2D eigenvalue weighted by Crippen LogP contribution is -2.60. The Hall–Kier alpha value is -1.80. The molecule has 6 heteroatoms. The number of carbonyl (C=O) groups is 3. The van der Waals surface area contributed by atoms with Gasteiger partial charge in [0.1, 0.15) is 5.41 Å². The van der Waals surface area contributed by atoms with Crippen LogP contribution < -0.4 is 10.4 Å². The van der Waals surface area contributed by atoms with Crippen LogP contribution in [-0.2, 0) is 31.0 Å². The second kappa shape index (κ2) is 8.21. The highest BCUT2D eigenvalue weighted by Crippen LogP contribution is 2.56. The van der Waals surface area contributed by atoms with Crippen LogP contribution in [0, 0.1) is 5.41 Å². The second-order valence-electron chi connectivity index (χ2n) is 11.9. The van der Waals surface area contributed by atoms with Crippen LogP contribution in [0.3, 0.4) is 0 Å². The van der Waals surface area contributed by atoms with Gasteiger partial charge in [-0.25, -0.2) is 0 Å². The van der Waals surface area contributed by atoms with E-state index < -0.39 is 27.5 Å². The van der Waals surface area contributed by atoms with Gasteiger partial charge in [-0.1, -0.05) is 67.9 Å². The molecule has 1 aromatic rings. The number of carbonyl (C=O) groups excluding carboxylic acids is 3. The molecule has 2 aliphatic carbocycles. The molecule has 1 saturated carbocycles. The zero-order chi connectivity index (χ0) is 24.1. The molecule has 1 aromatic carbocycles. The topological polar surface area (TPSA) is 60.4 Å². The summed E-state index contributed by atoms with van der Waals surface area (Å²) in [4.78, 5) is 37.5. The average molecular weight is 471 g/mol. The highest BCUT2D eigenvalue weighted by molar-refractivity contribution is 6.98. The van der Waals surface area contributed by atoms with E-state index in [0.29, 0.717) is 12.8 Å².